The molecule has 0 radical (unpaired) electrons. The fourth-order valence-electron chi connectivity index (χ4n) is 3.83. The van der Waals surface area contributed by atoms with Gasteiger partial charge >= 0.3 is 0 Å². The van der Waals surface area contributed by atoms with Crippen LogP contribution in [0.3, 0.4) is 0 Å². The van der Waals surface area contributed by atoms with E-state index in [2.05, 4.69) is 4.98 Å². The summed E-state index contributed by atoms with van der Waals surface area (Å²) < 4.78 is 13.9. The first-order valence-electron chi connectivity index (χ1n) is 10.3. The van der Waals surface area contributed by atoms with E-state index in [4.69, 9.17) is 0 Å². The summed E-state index contributed by atoms with van der Waals surface area (Å²) in [5.74, 6) is 0.143. The Kier molecular flexibility index (Phi) is 6.52. The third kappa shape index (κ3) is 4.75. The molecule has 2 aliphatic heterocycles. The van der Waals surface area contributed by atoms with Crippen molar-refractivity contribution in [3.63, 3.8) is 0 Å². The second-order valence-corrected chi connectivity index (χ2v) is 8.49. The van der Waals surface area contributed by atoms with Gasteiger partial charge in [0.05, 0.1) is 22.0 Å². The molecule has 1 aromatic heterocycles. The molecule has 1 aromatic carbocycles. The number of rotatable bonds is 5. The highest BCUT2D eigenvalue weighted by atomic mass is 32.2. The lowest BCUT2D eigenvalue weighted by Crippen LogP contribution is -2.49. The highest BCUT2D eigenvalue weighted by Gasteiger charge is 2.23. The van der Waals surface area contributed by atoms with E-state index in [1.165, 1.54) is 17.8 Å². The topological polar surface area (TPSA) is 56.8 Å². The lowest BCUT2D eigenvalue weighted by atomic mass is 10.2. The van der Waals surface area contributed by atoms with Gasteiger partial charge in [0.15, 0.2) is 0 Å². The zero-order chi connectivity index (χ0) is 20.9. The van der Waals surface area contributed by atoms with Crippen LogP contribution in [0.2, 0.25) is 0 Å². The summed E-state index contributed by atoms with van der Waals surface area (Å²) >= 11 is 1.37. The fraction of sp³-hybridized carbons (Fsp3) is 0.409. The minimum absolute atomic E-state index is 0.0281. The van der Waals surface area contributed by atoms with Crippen molar-refractivity contribution in [2.75, 3.05) is 49.9 Å². The molecule has 30 heavy (non-hydrogen) atoms. The van der Waals surface area contributed by atoms with Crippen molar-refractivity contribution in [3.05, 3.63) is 54.0 Å². The number of carbonyl (C=O) groups excluding carboxylic acids is 2. The Morgan fingerprint density at radius 1 is 0.933 bits per heavy atom. The molecule has 0 spiro atoms. The zero-order valence-corrected chi connectivity index (χ0v) is 17.6. The third-order valence-electron chi connectivity index (χ3n) is 5.55. The van der Waals surface area contributed by atoms with E-state index in [-0.39, 0.29) is 17.6 Å². The first-order valence-corrected chi connectivity index (χ1v) is 11.3. The minimum Gasteiger partial charge on any atom is -0.366 e. The highest BCUT2D eigenvalue weighted by Crippen LogP contribution is 2.22. The number of benzene rings is 1. The van der Waals surface area contributed by atoms with Crippen molar-refractivity contribution < 1.29 is 14.0 Å². The Hall–Kier alpha value is -2.61. The number of thioether (sulfide) groups is 1. The number of para-hydroxylation sites is 1. The summed E-state index contributed by atoms with van der Waals surface area (Å²) in [6, 6.07) is 10.3. The maximum atomic E-state index is 13.9. The Morgan fingerprint density at radius 2 is 1.67 bits per heavy atom. The normalized spacial score (nSPS) is 16.8. The van der Waals surface area contributed by atoms with E-state index in [1.54, 1.807) is 30.5 Å². The lowest BCUT2D eigenvalue weighted by molar-refractivity contribution is -0.128. The molecular formula is C22H25FN4O2S. The lowest BCUT2D eigenvalue weighted by Gasteiger charge is -2.36. The van der Waals surface area contributed by atoms with E-state index >= 15 is 0 Å². The first-order chi connectivity index (χ1) is 14.6. The van der Waals surface area contributed by atoms with Crippen molar-refractivity contribution in [3.8, 4) is 0 Å². The summed E-state index contributed by atoms with van der Waals surface area (Å²) in [7, 11) is 0. The van der Waals surface area contributed by atoms with Crippen LogP contribution >= 0.6 is 11.8 Å². The fourth-order valence-corrected chi connectivity index (χ4v) is 4.57. The van der Waals surface area contributed by atoms with Gasteiger partial charge in [-0.2, -0.15) is 0 Å². The summed E-state index contributed by atoms with van der Waals surface area (Å²) in [6.07, 6.45) is 3.72. The molecule has 0 saturated carbocycles. The number of aromatic nitrogens is 1. The predicted octanol–water partition coefficient (Wildman–Crippen LogP) is 2.90. The number of pyridine rings is 1. The summed E-state index contributed by atoms with van der Waals surface area (Å²) in [5, 5.41) is 0.728. The van der Waals surface area contributed by atoms with Crippen molar-refractivity contribution in [1.29, 1.82) is 0 Å². The van der Waals surface area contributed by atoms with Crippen LogP contribution in [0, 0.1) is 5.82 Å². The summed E-state index contributed by atoms with van der Waals surface area (Å²) in [6.45, 7) is 4.00. The average Bonchev–Trinajstić information content (AvgIpc) is 3.33. The first kappa shape index (κ1) is 20.7. The van der Waals surface area contributed by atoms with E-state index in [0.29, 0.717) is 43.2 Å². The maximum Gasteiger partial charge on any atom is 0.255 e. The van der Waals surface area contributed by atoms with Gasteiger partial charge in [0, 0.05) is 45.5 Å². The molecule has 2 saturated heterocycles. The Morgan fingerprint density at radius 3 is 2.33 bits per heavy atom. The van der Waals surface area contributed by atoms with Crippen LogP contribution in [-0.4, -0.2) is 71.6 Å². The Balaban J connectivity index is 1.25. The molecule has 0 bridgehead atoms. The van der Waals surface area contributed by atoms with Crippen LogP contribution in [0.1, 0.15) is 23.2 Å². The van der Waals surface area contributed by atoms with Crippen molar-refractivity contribution in [1.82, 2.24) is 14.8 Å². The minimum atomic E-state index is -0.231. The molecule has 2 fully saturated rings. The Labute approximate surface area is 180 Å². The molecule has 0 aliphatic carbocycles. The Bertz CT molecular complexity index is 894. The number of carbonyl (C=O) groups is 2. The number of nitrogens with zero attached hydrogens (tertiary/aromatic N) is 4. The van der Waals surface area contributed by atoms with Gasteiger partial charge in [-0.1, -0.05) is 23.9 Å². The van der Waals surface area contributed by atoms with Gasteiger partial charge in [-0.3, -0.25) is 9.59 Å². The maximum absolute atomic E-state index is 13.9. The second-order valence-electron chi connectivity index (χ2n) is 7.49. The number of amides is 2. The van der Waals surface area contributed by atoms with Crippen LogP contribution in [0.5, 0.6) is 0 Å². The molecule has 4 rings (SSSR count). The molecule has 3 heterocycles. The van der Waals surface area contributed by atoms with Gasteiger partial charge in [-0.15, -0.1) is 0 Å². The number of hydrogen-bond donors (Lipinski definition) is 0. The van der Waals surface area contributed by atoms with Crippen LogP contribution < -0.4 is 4.90 Å². The van der Waals surface area contributed by atoms with E-state index in [1.807, 2.05) is 20.8 Å². The van der Waals surface area contributed by atoms with Crippen LogP contribution in [-0.2, 0) is 4.79 Å². The molecule has 2 aromatic rings. The van der Waals surface area contributed by atoms with E-state index in [0.717, 1.165) is 31.0 Å². The third-order valence-corrected chi connectivity index (χ3v) is 6.47. The number of likely N-dealkylation sites (tertiary alicyclic amines) is 1. The summed E-state index contributed by atoms with van der Waals surface area (Å²) in [4.78, 5) is 34.9. The molecule has 0 unspecified atom stereocenters. The van der Waals surface area contributed by atoms with Gasteiger partial charge in [-0.25, -0.2) is 9.37 Å². The molecule has 0 atom stereocenters. The smallest absolute Gasteiger partial charge is 0.255 e. The molecular weight excluding hydrogens is 403 g/mol. The molecule has 0 N–H and O–H groups in total. The number of anilines is 1. The van der Waals surface area contributed by atoms with Gasteiger partial charge in [-0.05, 0) is 37.1 Å². The van der Waals surface area contributed by atoms with Crippen molar-refractivity contribution in [2.45, 2.75) is 17.9 Å². The van der Waals surface area contributed by atoms with Crippen LogP contribution in [0.25, 0.3) is 0 Å². The number of piperazine rings is 1. The van der Waals surface area contributed by atoms with Crippen molar-refractivity contribution in [2.24, 2.45) is 0 Å². The van der Waals surface area contributed by atoms with E-state index < -0.39 is 0 Å². The van der Waals surface area contributed by atoms with Gasteiger partial charge in [0.1, 0.15) is 5.82 Å². The van der Waals surface area contributed by atoms with Gasteiger partial charge < -0.3 is 14.7 Å². The van der Waals surface area contributed by atoms with Crippen LogP contribution in [0.4, 0.5) is 10.1 Å². The van der Waals surface area contributed by atoms with Crippen LogP contribution in [0.15, 0.2) is 47.6 Å². The largest absolute Gasteiger partial charge is 0.366 e. The molecule has 2 aliphatic rings. The standard InChI is InChI=1S/C22H25FN4O2S/c23-18-5-1-2-6-19(18)25-11-13-26(14-12-25)21(28)16-30-20-8-7-17(15-24-20)22(29)27-9-3-4-10-27/h1-2,5-8,15H,3-4,9-14,16H2. The monoisotopic (exact) mass is 428 g/mol. The molecule has 8 heteroatoms. The average molecular weight is 429 g/mol. The number of hydrogen-bond acceptors (Lipinski definition) is 5. The second kappa shape index (κ2) is 9.47. The molecule has 2 amide bonds. The quantitative estimate of drug-likeness (QED) is 0.686. The molecule has 6 nitrogen and oxygen atoms in total. The SMILES string of the molecule is O=C(CSc1ccc(C(=O)N2CCCC2)cn1)N1CCN(c2ccccc2F)CC1. The predicted molar refractivity (Wildman–Crippen MR) is 115 cm³/mol. The van der Waals surface area contributed by atoms with Crippen molar-refractivity contribution >= 4 is 29.3 Å². The number of halogens is 1. The van der Waals surface area contributed by atoms with Gasteiger partial charge in [0.25, 0.3) is 5.91 Å². The molecule has 158 valence electrons. The zero-order valence-electron chi connectivity index (χ0n) is 16.8. The van der Waals surface area contributed by atoms with Gasteiger partial charge in [0.2, 0.25) is 5.91 Å². The summed E-state index contributed by atoms with van der Waals surface area (Å²) in [5.41, 5.74) is 1.18. The van der Waals surface area contributed by atoms with E-state index in [9.17, 15) is 14.0 Å². The highest BCUT2D eigenvalue weighted by molar-refractivity contribution is 7.99.